The molecule has 1 unspecified atom stereocenters. The number of aromatic nitrogens is 2. The van der Waals surface area contributed by atoms with Gasteiger partial charge in [0.25, 0.3) is 5.91 Å². The van der Waals surface area contributed by atoms with E-state index in [1.54, 1.807) is 22.4 Å². The number of rotatable bonds is 9. The molecule has 0 spiro atoms. The molecule has 194 valence electrons. The Morgan fingerprint density at radius 1 is 1.27 bits per heavy atom. The second kappa shape index (κ2) is 10.2. The number of amides is 2. The summed E-state index contributed by atoms with van der Waals surface area (Å²) in [4.78, 5) is 59.9. The molecule has 0 saturated carbocycles. The van der Waals surface area contributed by atoms with Crippen LogP contribution in [0.2, 0.25) is 0 Å². The Morgan fingerprint density at radius 2 is 1.97 bits per heavy atom. The Kier molecular flexibility index (Phi) is 7.18. The fraction of sp³-hybridized carbons (Fsp3) is 0.318. The number of thiazole rings is 1. The van der Waals surface area contributed by atoms with Gasteiger partial charge in [0.1, 0.15) is 17.1 Å². The number of nitrogen functional groups attached to an aromatic ring is 1. The number of oxime groups is 1. The molecule has 2 aliphatic heterocycles. The molecule has 3 atom stereocenters. The van der Waals surface area contributed by atoms with Crippen LogP contribution in [0.1, 0.15) is 19.5 Å². The van der Waals surface area contributed by atoms with Gasteiger partial charge in [-0.2, -0.15) is 0 Å². The largest absolute Gasteiger partial charge is 0.479 e. The molecule has 2 aromatic heterocycles. The van der Waals surface area contributed by atoms with Crippen molar-refractivity contribution in [1.29, 1.82) is 0 Å². The van der Waals surface area contributed by atoms with Crippen LogP contribution in [0.4, 0.5) is 5.13 Å². The number of hydrogen-bond acceptors (Lipinski definition) is 10. The van der Waals surface area contributed by atoms with E-state index in [9.17, 15) is 29.4 Å². The maximum atomic E-state index is 13.1. The molecule has 0 aromatic carbocycles. The summed E-state index contributed by atoms with van der Waals surface area (Å²) in [5.74, 6) is -3.93. The van der Waals surface area contributed by atoms with Gasteiger partial charge < -0.3 is 31.0 Å². The van der Waals surface area contributed by atoms with Crippen molar-refractivity contribution >= 4 is 57.7 Å². The Morgan fingerprint density at radius 3 is 2.57 bits per heavy atom. The van der Waals surface area contributed by atoms with Crippen LogP contribution in [0.3, 0.4) is 0 Å². The third-order valence-corrected chi connectivity index (χ3v) is 7.48. The monoisotopic (exact) mass is 547 g/mol. The molecule has 4 rings (SSSR count). The number of carboxylic acids is 2. The average molecular weight is 548 g/mol. The number of nitrogens with two attached hydrogens (primary N) is 1. The predicted molar refractivity (Wildman–Crippen MR) is 132 cm³/mol. The van der Waals surface area contributed by atoms with E-state index in [1.165, 1.54) is 35.9 Å². The number of thioether (sulfide) groups is 1. The number of fused-ring (bicyclic) bond motifs is 1. The van der Waals surface area contributed by atoms with Crippen molar-refractivity contribution in [1.82, 2.24) is 15.2 Å². The van der Waals surface area contributed by atoms with Gasteiger partial charge in [-0.25, -0.2) is 19.1 Å². The lowest BCUT2D eigenvalue weighted by molar-refractivity contribution is -0.689. The number of carbonyl (C=O) groups excluding carboxylic acids is 2. The van der Waals surface area contributed by atoms with Gasteiger partial charge in [0.05, 0.1) is 0 Å². The highest BCUT2D eigenvalue weighted by Crippen LogP contribution is 2.40. The second-order valence-electron chi connectivity index (χ2n) is 8.62. The van der Waals surface area contributed by atoms with E-state index in [1.807, 2.05) is 18.2 Å². The van der Waals surface area contributed by atoms with Crippen molar-refractivity contribution < 1.29 is 38.8 Å². The Hall–Kier alpha value is -3.98. The Balaban J connectivity index is 1.54. The minimum Gasteiger partial charge on any atom is -0.479 e. The first-order chi connectivity index (χ1) is 17.5. The molecule has 0 aliphatic carbocycles. The zero-order valence-electron chi connectivity index (χ0n) is 19.6. The summed E-state index contributed by atoms with van der Waals surface area (Å²) in [5, 5.41) is 28.0. The van der Waals surface area contributed by atoms with Crippen molar-refractivity contribution in [2.75, 3.05) is 5.73 Å². The maximum absolute atomic E-state index is 13.1. The van der Waals surface area contributed by atoms with Crippen LogP contribution < -0.4 is 15.6 Å². The fourth-order valence-corrected chi connectivity index (χ4v) is 5.36. The molecule has 2 amide bonds. The third-order valence-electron chi connectivity index (χ3n) is 5.59. The summed E-state index contributed by atoms with van der Waals surface area (Å²) in [6.45, 7) is 2.77. The summed E-state index contributed by atoms with van der Waals surface area (Å²) in [7, 11) is 0. The second-order valence-corrected chi connectivity index (χ2v) is 10.5. The van der Waals surface area contributed by atoms with Crippen molar-refractivity contribution in [2.45, 2.75) is 43.5 Å². The van der Waals surface area contributed by atoms with Gasteiger partial charge in [0.15, 0.2) is 35.8 Å². The molecule has 37 heavy (non-hydrogen) atoms. The molecule has 0 radical (unpaired) electrons. The van der Waals surface area contributed by atoms with Crippen molar-refractivity contribution in [3.8, 4) is 0 Å². The Bertz CT molecular complexity index is 1310. The van der Waals surface area contributed by atoms with Gasteiger partial charge in [-0.15, -0.1) is 23.1 Å². The van der Waals surface area contributed by atoms with Crippen molar-refractivity contribution in [2.24, 2.45) is 5.16 Å². The zero-order valence-corrected chi connectivity index (χ0v) is 21.2. The van der Waals surface area contributed by atoms with Crippen LogP contribution in [0.25, 0.3) is 0 Å². The quantitative estimate of drug-likeness (QED) is 0.144. The predicted octanol–water partition coefficient (Wildman–Crippen LogP) is 0.0339. The molecule has 4 heterocycles. The molecule has 2 aromatic rings. The fourth-order valence-electron chi connectivity index (χ4n) is 3.60. The maximum Gasteiger partial charge on any atom is 0.350 e. The minimum atomic E-state index is -1.75. The third kappa shape index (κ3) is 5.27. The highest BCUT2D eigenvalue weighted by Gasteiger charge is 2.56. The van der Waals surface area contributed by atoms with Gasteiger partial charge in [0.2, 0.25) is 11.5 Å². The number of carbonyl (C=O) groups is 4. The molecule has 2 aliphatic rings. The van der Waals surface area contributed by atoms with Crippen LogP contribution in [0, 0.1) is 0 Å². The minimum absolute atomic E-state index is 0.0339. The summed E-state index contributed by atoms with van der Waals surface area (Å²) in [6, 6.07) is 3.22. The molecular formula is C22H23N6O7S2+. The molecular weight excluding hydrogens is 524 g/mol. The summed E-state index contributed by atoms with van der Waals surface area (Å²) in [5.41, 5.74) is 4.10. The van der Waals surface area contributed by atoms with E-state index in [0.717, 1.165) is 11.3 Å². The van der Waals surface area contributed by atoms with E-state index in [4.69, 9.17) is 10.6 Å². The number of nitrogens with one attached hydrogen (secondary N) is 1. The highest BCUT2D eigenvalue weighted by atomic mass is 32.2. The standard InChI is InChI=1S/C22H22N6O7S2/c1-22(2,20(33)34)35-26-13(12-10-37-21(23)24-12)16(29)25-14-17(30)28-15(19(31)32)11(9-36-18(14)28)8-27-6-4-3-5-7-27/h3-7,9-10,14-15,18H,8H2,1-2H3,(H4-,23,24,25,29,31,32,33,34)/p+1/t14-,15?,18-/m1/s1. The van der Waals surface area contributed by atoms with Crippen LogP contribution in [0.15, 0.2) is 52.1 Å². The number of aliphatic carboxylic acids is 2. The summed E-state index contributed by atoms with van der Waals surface area (Å²) >= 11 is 2.25. The van der Waals surface area contributed by atoms with Crippen molar-refractivity contribution in [3.05, 3.63) is 52.6 Å². The van der Waals surface area contributed by atoms with Gasteiger partial charge in [0, 0.05) is 23.1 Å². The molecule has 1 fully saturated rings. The van der Waals surface area contributed by atoms with Crippen LogP contribution >= 0.6 is 23.1 Å². The van der Waals surface area contributed by atoms with E-state index >= 15 is 0 Å². The molecule has 0 bridgehead atoms. The highest BCUT2D eigenvalue weighted by molar-refractivity contribution is 8.02. The topological polar surface area (TPSA) is 188 Å². The van der Waals surface area contributed by atoms with Gasteiger partial charge in [-0.05, 0) is 19.3 Å². The number of anilines is 1. The average Bonchev–Trinajstić information content (AvgIpc) is 3.28. The SMILES string of the molecule is CC(C)(ON=C(C(=O)N[C@@H]1C(=O)N2C(C(=O)O)C(C[n+]3ccccc3)=CS[C@H]12)c1csc(N)n1)C(=O)O. The van der Waals surface area contributed by atoms with E-state index in [2.05, 4.69) is 15.5 Å². The smallest absolute Gasteiger partial charge is 0.350 e. The summed E-state index contributed by atoms with van der Waals surface area (Å²) in [6.07, 6.45) is 3.58. The Labute approximate surface area is 218 Å². The van der Waals surface area contributed by atoms with E-state index in [-0.39, 0.29) is 23.1 Å². The number of pyridine rings is 1. The van der Waals surface area contributed by atoms with Crippen LogP contribution in [-0.2, 0) is 30.6 Å². The molecule has 13 nitrogen and oxygen atoms in total. The molecule has 5 N–H and O–H groups in total. The number of carboxylic acid groups (broad SMARTS) is 2. The first kappa shape index (κ1) is 26.1. The number of nitrogens with zero attached hydrogens (tertiary/aromatic N) is 4. The molecule has 1 saturated heterocycles. The lowest BCUT2D eigenvalue weighted by Crippen LogP contribution is -2.74. The van der Waals surface area contributed by atoms with Crippen LogP contribution in [0.5, 0.6) is 0 Å². The first-order valence-corrected chi connectivity index (χ1v) is 12.7. The van der Waals surface area contributed by atoms with Gasteiger partial charge >= 0.3 is 11.9 Å². The van der Waals surface area contributed by atoms with Gasteiger partial charge in [-0.3, -0.25) is 9.59 Å². The number of β-lactam (4-membered cyclic amide) rings is 1. The first-order valence-electron chi connectivity index (χ1n) is 10.8. The summed E-state index contributed by atoms with van der Waals surface area (Å²) < 4.78 is 1.80. The molecule has 15 heteroatoms. The van der Waals surface area contributed by atoms with E-state index in [0.29, 0.717) is 5.57 Å². The normalized spacial score (nSPS) is 21.4. The van der Waals surface area contributed by atoms with Gasteiger partial charge in [-0.1, -0.05) is 11.2 Å². The van der Waals surface area contributed by atoms with Crippen LogP contribution in [-0.4, -0.2) is 72.6 Å². The zero-order chi connectivity index (χ0) is 26.9. The lowest BCUT2D eigenvalue weighted by Gasteiger charge is -2.51. The lowest BCUT2D eigenvalue weighted by atomic mass is 9.97. The van der Waals surface area contributed by atoms with E-state index < -0.39 is 46.8 Å². The van der Waals surface area contributed by atoms with Crippen molar-refractivity contribution in [3.63, 3.8) is 0 Å². The number of hydrogen-bond donors (Lipinski definition) is 4.